The molecule has 1 aliphatic rings. The number of nitrogens with one attached hydrogen (secondary N) is 1. The number of carbonyl (C=O) groups excluding carboxylic acids is 1. The maximum atomic E-state index is 11.3. The van der Waals surface area contributed by atoms with Gasteiger partial charge in [-0.3, -0.25) is 4.79 Å². The van der Waals surface area contributed by atoms with Gasteiger partial charge in [0, 0.05) is 16.9 Å². The maximum Gasteiger partial charge on any atom is 0.373 e. The first kappa shape index (κ1) is 12.3. The number of carbonyl (C=O) groups is 2. The van der Waals surface area contributed by atoms with Crippen LogP contribution in [-0.2, 0) is 11.2 Å². The number of hydrogen-bond donors (Lipinski definition) is 2. The molecule has 0 saturated carbocycles. The van der Waals surface area contributed by atoms with E-state index in [-0.39, 0.29) is 11.7 Å². The summed E-state index contributed by atoms with van der Waals surface area (Å²) >= 11 is 0. The van der Waals surface area contributed by atoms with Crippen molar-refractivity contribution in [3.05, 3.63) is 41.3 Å². The zero-order chi connectivity index (χ0) is 14.3. The number of aryl methyl sites for hydroxylation is 1. The van der Waals surface area contributed by atoms with Crippen molar-refractivity contribution in [3.8, 4) is 11.3 Å². The molecule has 3 rings (SSSR count). The van der Waals surface area contributed by atoms with Gasteiger partial charge in [0.15, 0.2) is 0 Å². The van der Waals surface area contributed by atoms with Crippen molar-refractivity contribution in [1.82, 2.24) is 9.97 Å². The number of rotatable bonds is 2. The summed E-state index contributed by atoms with van der Waals surface area (Å²) in [5.41, 5.74) is 3.58. The third-order valence-corrected chi connectivity index (χ3v) is 3.07. The number of hydrogen-bond acceptors (Lipinski definition) is 4. The Morgan fingerprint density at radius 3 is 2.85 bits per heavy atom. The lowest BCUT2D eigenvalue weighted by Gasteiger charge is -2.06. The molecular weight excluding hydrogens is 258 g/mol. The molecule has 6 nitrogen and oxygen atoms in total. The van der Waals surface area contributed by atoms with Gasteiger partial charge in [0.1, 0.15) is 0 Å². The lowest BCUT2D eigenvalue weighted by Crippen LogP contribution is -2.06. The van der Waals surface area contributed by atoms with Gasteiger partial charge in [0.25, 0.3) is 0 Å². The highest BCUT2D eigenvalue weighted by Crippen LogP contribution is 2.28. The third-order valence-electron chi connectivity index (χ3n) is 3.07. The molecule has 1 aromatic heterocycles. The van der Waals surface area contributed by atoms with E-state index in [1.165, 1.54) is 0 Å². The zero-order valence-corrected chi connectivity index (χ0v) is 10.7. The summed E-state index contributed by atoms with van der Waals surface area (Å²) < 4.78 is 0. The molecule has 0 atom stereocenters. The van der Waals surface area contributed by atoms with Gasteiger partial charge in [0.05, 0.1) is 12.1 Å². The molecule has 1 amide bonds. The van der Waals surface area contributed by atoms with Crippen LogP contribution in [-0.4, -0.2) is 27.0 Å². The number of aromatic carboxylic acids is 1. The van der Waals surface area contributed by atoms with Crippen molar-refractivity contribution >= 4 is 17.6 Å². The minimum Gasteiger partial charge on any atom is -0.475 e. The highest BCUT2D eigenvalue weighted by Gasteiger charge is 2.18. The van der Waals surface area contributed by atoms with Gasteiger partial charge in [-0.1, -0.05) is 6.07 Å². The Hall–Kier alpha value is -2.76. The van der Waals surface area contributed by atoms with Crippen molar-refractivity contribution < 1.29 is 14.7 Å². The normalized spacial score (nSPS) is 12.9. The summed E-state index contributed by atoms with van der Waals surface area (Å²) in [5, 5.41) is 11.7. The molecule has 100 valence electrons. The van der Waals surface area contributed by atoms with Gasteiger partial charge in [-0.15, -0.1) is 0 Å². The highest BCUT2D eigenvalue weighted by molar-refractivity contribution is 5.99. The van der Waals surface area contributed by atoms with Crippen molar-refractivity contribution in [3.63, 3.8) is 0 Å². The van der Waals surface area contributed by atoms with E-state index in [1.807, 2.05) is 6.07 Å². The first-order valence-electron chi connectivity index (χ1n) is 6.05. The molecule has 1 aromatic carbocycles. The summed E-state index contributed by atoms with van der Waals surface area (Å²) in [6.07, 6.45) is 0.332. The first-order valence-corrected chi connectivity index (χ1v) is 6.05. The van der Waals surface area contributed by atoms with Gasteiger partial charge >= 0.3 is 5.97 Å². The molecule has 2 heterocycles. The minimum absolute atomic E-state index is 0.0396. The van der Waals surface area contributed by atoms with Crippen LogP contribution in [0.4, 0.5) is 5.69 Å². The quantitative estimate of drug-likeness (QED) is 0.864. The molecule has 0 fully saturated rings. The fraction of sp³-hybridized carbons (Fsp3) is 0.143. The average Bonchev–Trinajstić information content (AvgIpc) is 2.76. The molecule has 0 saturated heterocycles. The molecule has 6 heteroatoms. The third kappa shape index (κ3) is 2.11. The predicted octanol–water partition coefficient (Wildman–Crippen LogP) is 1.64. The number of nitrogens with zero attached hydrogens (tertiary/aromatic N) is 2. The van der Waals surface area contributed by atoms with Gasteiger partial charge in [-0.2, -0.15) is 0 Å². The summed E-state index contributed by atoms with van der Waals surface area (Å²) in [5.74, 6) is -1.43. The number of carboxylic acid groups (broad SMARTS) is 1. The van der Waals surface area contributed by atoms with E-state index in [0.29, 0.717) is 17.8 Å². The maximum absolute atomic E-state index is 11.3. The van der Waals surface area contributed by atoms with E-state index in [0.717, 1.165) is 16.8 Å². The smallest absolute Gasteiger partial charge is 0.373 e. The molecule has 0 spiro atoms. The summed E-state index contributed by atoms with van der Waals surface area (Å²) in [6.45, 7) is 1.72. The number of amides is 1. The Bertz CT molecular complexity index is 740. The summed E-state index contributed by atoms with van der Waals surface area (Å²) in [7, 11) is 0. The largest absolute Gasteiger partial charge is 0.475 e. The van der Waals surface area contributed by atoms with Crippen LogP contribution in [0, 0.1) is 6.92 Å². The second-order valence-electron chi connectivity index (χ2n) is 4.62. The molecule has 0 bridgehead atoms. The van der Waals surface area contributed by atoms with Crippen molar-refractivity contribution in [1.29, 1.82) is 0 Å². The Kier molecular flexibility index (Phi) is 2.71. The van der Waals surface area contributed by atoms with Crippen LogP contribution < -0.4 is 5.32 Å². The number of fused-ring (bicyclic) bond motifs is 1. The topological polar surface area (TPSA) is 92.2 Å². The molecule has 2 N–H and O–H groups in total. The minimum atomic E-state index is -1.16. The van der Waals surface area contributed by atoms with Crippen molar-refractivity contribution in [2.45, 2.75) is 13.3 Å². The van der Waals surface area contributed by atoms with E-state index in [4.69, 9.17) is 5.11 Å². The van der Waals surface area contributed by atoms with Crippen LogP contribution in [0.25, 0.3) is 11.3 Å². The summed E-state index contributed by atoms with van der Waals surface area (Å²) in [4.78, 5) is 30.2. The Balaban J connectivity index is 2.08. The van der Waals surface area contributed by atoms with Gasteiger partial charge in [-0.25, -0.2) is 14.8 Å². The Labute approximate surface area is 114 Å². The van der Waals surface area contributed by atoms with Crippen LogP contribution in [0.3, 0.4) is 0 Å². The monoisotopic (exact) mass is 269 g/mol. The molecule has 0 aliphatic carbocycles. The van der Waals surface area contributed by atoms with Crippen LogP contribution >= 0.6 is 0 Å². The van der Waals surface area contributed by atoms with Gasteiger partial charge in [0.2, 0.25) is 11.7 Å². The van der Waals surface area contributed by atoms with Gasteiger partial charge in [-0.05, 0) is 30.7 Å². The van der Waals surface area contributed by atoms with Crippen LogP contribution in [0.2, 0.25) is 0 Å². The Morgan fingerprint density at radius 2 is 2.10 bits per heavy atom. The number of carboxylic acids is 1. The van der Waals surface area contributed by atoms with Crippen LogP contribution in [0.5, 0.6) is 0 Å². The molecular formula is C14H11N3O3. The number of aromatic nitrogens is 2. The molecule has 0 unspecified atom stereocenters. The van der Waals surface area contributed by atoms with E-state index in [2.05, 4.69) is 15.3 Å². The highest BCUT2D eigenvalue weighted by atomic mass is 16.4. The van der Waals surface area contributed by atoms with E-state index in [1.54, 1.807) is 25.1 Å². The van der Waals surface area contributed by atoms with Crippen LogP contribution in [0.1, 0.15) is 21.9 Å². The van der Waals surface area contributed by atoms with E-state index < -0.39 is 5.97 Å². The number of anilines is 1. The Morgan fingerprint density at radius 1 is 1.30 bits per heavy atom. The zero-order valence-electron chi connectivity index (χ0n) is 10.7. The summed E-state index contributed by atoms with van der Waals surface area (Å²) in [6, 6.07) is 7.17. The second kappa shape index (κ2) is 4.41. The van der Waals surface area contributed by atoms with Crippen molar-refractivity contribution in [2.75, 3.05) is 5.32 Å². The van der Waals surface area contributed by atoms with Crippen LogP contribution in [0.15, 0.2) is 24.3 Å². The standard InChI is InChI=1S/C14H11N3O3/c1-7-4-11(17-13(15-7)14(19)20)8-2-3-10-9(5-8)6-12(18)16-10/h2-5H,6H2,1H3,(H,16,18)(H,19,20). The second-order valence-corrected chi connectivity index (χ2v) is 4.62. The average molecular weight is 269 g/mol. The lowest BCUT2D eigenvalue weighted by atomic mass is 10.1. The first-order chi connectivity index (χ1) is 9.52. The molecule has 0 radical (unpaired) electrons. The van der Waals surface area contributed by atoms with Gasteiger partial charge < -0.3 is 10.4 Å². The lowest BCUT2D eigenvalue weighted by molar-refractivity contribution is -0.115. The molecule has 20 heavy (non-hydrogen) atoms. The van der Waals surface area contributed by atoms with E-state index >= 15 is 0 Å². The molecule has 2 aromatic rings. The van der Waals surface area contributed by atoms with Crippen molar-refractivity contribution in [2.24, 2.45) is 0 Å². The van der Waals surface area contributed by atoms with E-state index in [9.17, 15) is 9.59 Å². The fourth-order valence-electron chi connectivity index (χ4n) is 2.20. The SMILES string of the molecule is Cc1cc(-c2ccc3c(c2)CC(=O)N3)nc(C(=O)O)n1. The predicted molar refractivity (Wildman–Crippen MR) is 71.5 cm³/mol. The number of benzene rings is 1. The fourth-order valence-corrected chi connectivity index (χ4v) is 2.20. The molecule has 1 aliphatic heterocycles.